The van der Waals surface area contributed by atoms with Crippen LogP contribution in [0.25, 0.3) is 0 Å². The van der Waals surface area contributed by atoms with Crippen LogP contribution in [0.4, 0.5) is 5.69 Å². The molecule has 4 rings (SSSR count). The lowest BCUT2D eigenvalue weighted by atomic mass is 9.95. The minimum atomic E-state index is -2.35. The molecule has 10 nitrogen and oxygen atoms in total. The van der Waals surface area contributed by atoms with Gasteiger partial charge in [-0.25, -0.2) is 5.43 Å². The lowest BCUT2D eigenvalue weighted by Crippen LogP contribution is -2.90. The number of benzene rings is 1. The molecule has 10 heteroatoms. The zero-order valence-electron chi connectivity index (χ0n) is 21.1. The van der Waals surface area contributed by atoms with E-state index in [1.165, 1.54) is 4.90 Å². The first-order chi connectivity index (χ1) is 17.7. The number of anilines is 1. The fourth-order valence-corrected chi connectivity index (χ4v) is 4.22. The first-order valence-electron chi connectivity index (χ1n) is 12.1. The molecule has 2 amide bonds. The minimum absolute atomic E-state index is 0.210. The highest BCUT2D eigenvalue weighted by Gasteiger charge is 2.45. The van der Waals surface area contributed by atoms with Gasteiger partial charge in [0, 0.05) is 12.7 Å². The Morgan fingerprint density at radius 2 is 2.14 bits per heavy atom. The van der Waals surface area contributed by atoms with Crippen LogP contribution in [-0.4, -0.2) is 56.8 Å². The molecule has 3 heterocycles. The van der Waals surface area contributed by atoms with Crippen molar-refractivity contribution in [2.24, 2.45) is 0 Å². The van der Waals surface area contributed by atoms with Crippen molar-refractivity contribution in [2.45, 2.75) is 51.6 Å². The van der Waals surface area contributed by atoms with Gasteiger partial charge in [-0.15, -0.1) is 5.92 Å². The number of amides is 2. The summed E-state index contributed by atoms with van der Waals surface area (Å²) < 4.78 is 5.88. The Hall–Kier alpha value is -3.91. The number of nitrogens with zero attached hydrogens (tertiary/aromatic N) is 3. The topological polar surface area (TPSA) is 132 Å². The zero-order chi connectivity index (χ0) is 26.6. The van der Waals surface area contributed by atoms with E-state index in [9.17, 15) is 19.8 Å². The van der Waals surface area contributed by atoms with Crippen molar-refractivity contribution < 1.29 is 30.0 Å². The van der Waals surface area contributed by atoms with Crippen molar-refractivity contribution in [3.63, 3.8) is 0 Å². The van der Waals surface area contributed by atoms with Crippen molar-refractivity contribution in [3.05, 3.63) is 65.6 Å². The monoisotopic (exact) mass is 506 g/mol. The normalized spacial score (nSPS) is 17.3. The Labute approximate surface area is 215 Å². The Kier molecular flexibility index (Phi) is 7.78. The van der Waals surface area contributed by atoms with Gasteiger partial charge in [-0.2, -0.15) is 5.01 Å². The Morgan fingerprint density at radius 3 is 2.84 bits per heavy atom. The van der Waals surface area contributed by atoms with Crippen LogP contribution in [0.3, 0.4) is 0 Å². The van der Waals surface area contributed by atoms with Crippen molar-refractivity contribution in [1.82, 2.24) is 15.2 Å². The van der Waals surface area contributed by atoms with Gasteiger partial charge in [0.05, 0.1) is 24.5 Å². The second-order valence-electron chi connectivity index (χ2n) is 9.20. The molecule has 37 heavy (non-hydrogen) atoms. The number of quaternary nitrogens is 1. The molecule has 2 aromatic rings. The van der Waals surface area contributed by atoms with Crippen LogP contribution in [0.5, 0.6) is 5.75 Å². The van der Waals surface area contributed by atoms with Crippen LogP contribution < -0.4 is 20.5 Å². The molecule has 0 saturated carbocycles. The molecule has 0 fully saturated rings. The van der Waals surface area contributed by atoms with E-state index in [1.54, 1.807) is 26.1 Å². The van der Waals surface area contributed by atoms with Gasteiger partial charge in [-0.3, -0.25) is 14.6 Å². The summed E-state index contributed by atoms with van der Waals surface area (Å²) in [7, 11) is 0. The molecule has 0 unspecified atom stereocenters. The third-order valence-corrected chi connectivity index (χ3v) is 6.51. The Balaban J connectivity index is 1.45. The van der Waals surface area contributed by atoms with Gasteiger partial charge in [-0.1, -0.05) is 18.1 Å². The third-order valence-electron chi connectivity index (χ3n) is 6.51. The van der Waals surface area contributed by atoms with Gasteiger partial charge in [0.1, 0.15) is 24.6 Å². The number of ether oxygens (including phenoxy) is 1. The summed E-state index contributed by atoms with van der Waals surface area (Å²) >= 11 is 0. The van der Waals surface area contributed by atoms with Crippen LogP contribution >= 0.6 is 0 Å². The van der Waals surface area contributed by atoms with Gasteiger partial charge in [0.25, 0.3) is 11.8 Å². The summed E-state index contributed by atoms with van der Waals surface area (Å²) in [5, 5.41) is 26.3. The molecule has 0 bridgehead atoms. The van der Waals surface area contributed by atoms with E-state index in [1.807, 2.05) is 47.0 Å². The average Bonchev–Trinajstić information content (AvgIpc) is 3.58. The number of hydrogen-bond acceptors (Lipinski definition) is 7. The van der Waals surface area contributed by atoms with Crippen LogP contribution in [-0.2, 0) is 22.7 Å². The Bertz CT molecular complexity index is 1240. The first-order valence-corrected chi connectivity index (χ1v) is 12.1. The van der Waals surface area contributed by atoms with E-state index >= 15 is 0 Å². The number of aliphatic hydroxyl groups excluding tert-OH is 1. The second-order valence-corrected chi connectivity index (χ2v) is 9.20. The SMILES string of the molecule is CC#CCOc1cc([C@@H](C)NC(=O)[C@](C)(O)[C@@H](O)C(=O)N2Cc3cccnc3C2)ccc1N1C=CC[NH2+]1. The van der Waals surface area contributed by atoms with Gasteiger partial charge in [-0.05, 0) is 56.2 Å². The molecule has 2 aliphatic rings. The van der Waals surface area contributed by atoms with Crippen LogP contribution in [0, 0.1) is 11.8 Å². The predicted octanol–water partition coefficient (Wildman–Crippen LogP) is 0.127. The number of carbonyl (C=O) groups excluding carboxylic acids is 2. The van der Waals surface area contributed by atoms with Crippen LogP contribution in [0.2, 0.25) is 0 Å². The molecule has 194 valence electrons. The molecular weight excluding hydrogens is 474 g/mol. The van der Waals surface area contributed by atoms with E-state index < -0.39 is 29.6 Å². The van der Waals surface area contributed by atoms with Crippen molar-refractivity contribution in [2.75, 3.05) is 18.2 Å². The third kappa shape index (κ3) is 5.59. The number of nitrogens with two attached hydrogens (primary N) is 1. The summed E-state index contributed by atoms with van der Waals surface area (Å²) in [4.78, 5) is 31.6. The fraction of sp³-hybridized carbons (Fsp3) is 0.370. The number of rotatable bonds is 8. The number of hydrogen-bond donors (Lipinski definition) is 4. The Morgan fingerprint density at radius 1 is 1.32 bits per heavy atom. The minimum Gasteiger partial charge on any atom is -0.479 e. The van der Waals surface area contributed by atoms with E-state index in [0.29, 0.717) is 5.75 Å². The standard InChI is InChI=1S/C27H31N5O5/c1-4-5-14-37-23-15-19(9-10-22(23)32-13-7-12-29-32)18(2)30-26(35)27(3,36)24(33)25(34)31-16-20-8-6-11-28-21(20)17-31/h6-11,13,15,18,24,29,33,36H,12,14,16-17H2,1-3H3,(H,30,35)/p+1/t18-,24+,27-/m1/s1. The summed E-state index contributed by atoms with van der Waals surface area (Å²) in [5.41, 5.74) is 2.82. The number of aliphatic hydroxyl groups is 2. The largest absolute Gasteiger partial charge is 0.479 e. The second kappa shape index (κ2) is 11.0. The first kappa shape index (κ1) is 26.2. The van der Waals surface area contributed by atoms with Gasteiger partial charge >= 0.3 is 0 Å². The molecule has 1 aromatic heterocycles. The number of aromatic nitrogens is 1. The molecular formula is C27H32N5O5+. The molecule has 3 atom stereocenters. The lowest BCUT2D eigenvalue weighted by Gasteiger charge is -2.31. The quantitative estimate of drug-likeness (QED) is 0.296. The summed E-state index contributed by atoms with van der Waals surface area (Å²) in [5.74, 6) is 4.66. The summed E-state index contributed by atoms with van der Waals surface area (Å²) in [6.07, 6.45) is 3.66. The molecule has 0 radical (unpaired) electrons. The number of nitrogens with one attached hydrogen (secondary N) is 1. The summed E-state index contributed by atoms with van der Waals surface area (Å²) in [6, 6.07) is 8.62. The molecule has 0 saturated heterocycles. The van der Waals surface area contributed by atoms with Gasteiger partial charge in [0.2, 0.25) is 0 Å². The van der Waals surface area contributed by atoms with E-state index in [-0.39, 0.29) is 19.7 Å². The average molecular weight is 507 g/mol. The number of carbonyl (C=O) groups is 2. The smallest absolute Gasteiger partial charge is 0.255 e. The maximum absolute atomic E-state index is 13.0. The molecule has 0 spiro atoms. The van der Waals surface area contributed by atoms with Gasteiger partial charge in [0.15, 0.2) is 11.7 Å². The zero-order valence-corrected chi connectivity index (χ0v) is 21.1. The predicted molar refractivity (Wildman–Crippen MR) is 135 cm³/mol. The van der Waals surface area contributed by atoms with Crippen LogP contribution in [0.15, 0.2) is 48.8 Å². The van der Waals surface area contributed by atoms with E-state index in [4.69, 9.17) is 4.74 Å². The van der Waals surface area contributed by atoms with Crippen LogP contribution in [0.1, 0.15) is 43.6 Å². The fourth-order valence-electron chi connectivity index (χ4n) is 4.22. The molecule has 2 aliphatic heterocycles. The van der Waals surface area contributed by atoms with Crippen molar-refractivity contribution in [3.8, 4) is 17.6 Å². The van der Waals surface area contributed by atoms with Crippen molar-refractivity contribution in [1.29, 1.82) is 0 Å². The highest BCUT2D eigenvalue weighted by atomic mass is 16.5. The summed E-state index contributed by atoms with van der Waals surface area (Å²) in [6.45, 7) is 6.12. The lowest BCUT2D eigenvalue weighted by molar-refractivity contribution is -0.643. The van der Waals surface area contributed by atoms with Crippen molar-refractivity contribution >= 4 is 17.5 Å². The molecule has 5 N–H and O–H groups in total. The van der Waals surface area contributed by atoms with Gasteiger partial charge < -0.3 is 25.2 Å². The van der Waals surface area contributed by atoms with E-state index in [0.717, 1.165) is 36.0 Å². The highest BCUT2D eigenvalue weighted by Crippen LogP contribution is 2.31. The number of pyridine rings is 1. The maximum atomic E-state index is 13.0. The highest BCUT2D eigenvalue weighted by molar-refractivity contribution is 5.94. The maximum Gasteiger partial charge on any atom is 0.255 e. The van der Waals surface area contributed by atoms with E-state index in [2.05, 4.69) is 22.1 Å². The molecule has 0 aliphatic carbocycles. The number of fused-ring (bicyclic) bond motifs is 1. The molecule has 1 aromatic carbocycles.